The average molecular weight is 237 g/mol. The van der Waals surface area contributed by atoms with E-state index in [9.17, 15) is 0 Å². The maximum absolute atomic E-state index is 5.80. The van der Waals surface area contributed by atoms with Crippen molar-refractivity contribution in [1.82, 2.24) is 10.3 Å². The lowest BCUT2D eigenvalue weighted by atomic mass is 10.1. The Morgan fingerprint density at radius 2 is 2.41 bits per heavy atom. The van der Waals surface area contributed by atoms with Crippen LogP contribution in [-0.2, 0) is 4.84 Å². The number of anilines is 3. The maximum atomic E-state index is 5.80. The van der Waals surface area contributed by atoms with Crippen molar-refractivity contribution in [2.24, 2.45) is 0 Å². The molecule has 94 valence electrons. The first-order valence-electron chi connectivity index (χ1n) is 5.82. The molecular weight excluding hydrogens is 218 g/mol. The van der Waals surface area contributed by atoms with Crippen molar-refractivity contribution in [3.63, 3.8) is 0 Å². The molecule has 0 aromatic carbocycles. The van der Waals surface area contributed by atoms with E-state index in [1.807, 2.05) is 12.1 Å². The molecular formula is C11H19N5O. The van der Waals surface area contributed by atoms with Crippen molar-refractivity contribution < 1.29 is 4.84 Å². The topological polar surface area (TPSA) is 84.2 Å². The standard InChI is InChI=1S/C11H19N5O/c1-17-16-9-4-5-10(15-11(9)12)14-8-3-2-6-13-7-8/h4-5,8,13,16H,2-3,6-7H2,1H3,(H3,12,14,15). The lowest BCUT2D eigenvalue weighted by Gasteiger charge is -2.24. The molecule has 1 fully saturated rings. The summed E-state index contributed by atoms with van der Waals surface area (Å²) < 4.78 is 0. The third-order valence-corrected chi connectivity index (χ3v) is 2.79. The molecule has 1 saturated heterocycles. The molecule has 0 amide bonds. The van der Waals surface area contributed by atoms with E-state index in [-0.39, 0.29) is 0 Å². The van der Waals surface area contributed by atoms with Gasteiger partial charge in [0.2, 0.25) is 0 Å². The lowest BCUT2D eigenvalue weighted by Crippen LogP contribution is -2.38. The summed E-state index contributed by atoms with van der Waals surface area (Å²) in [5.41, 5.74) is 9.16. The normalized spacial score (nSPS) is 19.9. The SMILES string of the molecule is CONc1ccc(NC2CCCNC2)nc1N. The summed E-state index contributed by atoms with van der Waals surface area (Å²) in [5.74, 6) is 1.23. The summed E-state index contributed by atoms with van der Waals surface area (Å²) in [4.78, 5) is 9.08. The van der Waals surface area contributed by atoms with E-state index < -0.39 is 0 Å². The van der Waals surface area contributed by atoms with Crippen LogP contribution in [0, 0.1) is 0 Å². The first kappa shape index (κ1) is 11.9. The smallest absolute Gasteiger partial charge is 0.151 e. The van der Waals surface area contributed by atoms with E-state index in [1.165, 1.54) is 6.42 Å². The van der Waals surface area contributed by atoms with Crippen molar-refractivity contribution in [2.75, 3.05) is 36.7 Å². The Hall–Kier alpha value is -1.53. The number of hydrogen-bond donors (Lipinski definition) is 4. The van der Waals surface area contributed by atoms with E-state index in [2.05, 4.69) is 21.1 Å². The fourth-order valence-corrected chi connectivity index (χ4v) is 1.94. The largest absolute Gasteiger partial charge is 0.382 e. The second-order valence-electron chi connectivity index (χ2n) is 4.12. The molecule has 1 atom stereocenters. The second-order valence-corrected chi connectivity index (χ2v) is 4.12. The van der Waals surface area contributed by atoms with Gasteiger partial charge in [0, 0.05) is 12.6 Å². The Bertz CT molecular complexity index is 365. The third-order valence-electron chi connectivity index (χ3n) is 2.79. The minimum Gasteiger partial charge on any atom is -0.382 e. The van der Waals surface area contributed by atoms with E-state index in [0.717, 1.165) is 25.3 Å². The van der Waals surface area contributed by atoms with E-state index in [4.69, 9.17) is 10.6 Å². The number of aromatic nitrogens is 1. The van der Waals surface area contributed by atoms with Crippen molar-refractivity contribution in [3.8, 4) is 0 Å². The number of nitrogen functional groups attached to an aromatic ring is 1. The lowest BCUT2D eigenvalue weighted by molar-refractivity contribution is 0.271. The third kappa shape index (κ3) is 3.21. The van der Waals surface area contributed by atoms with Gasteiger partial charge >= 0.3 is 0 Å². The molecule has 2 rings (SSSR count). The summed E-state index contributed by atoms with van der Waals surface area (Å²) in [5, 5.41) is 6.72. The first-order valence-corrected chi connectivity index (χ1v) is 5.82. The highest BCUT2D eigenvalue weighted by atomic mass is 16.6. The predicted molar refractivity (Wildman–Crippen MR) is 68.8 cm³/mol. The first-order chi connectivity index (χ1) is 8.29. The molecule has 1 aliphatic heterocycles. The van der Waals surface area contributed by atoms with E-state index in [0.29, 0.717) is 17.5 Å². The molecule has 6 nitrogen and oxygen atoms in total. The highest BCUT2D eigenvalue weighted by Gasteiger charge is 2.13. The van der Waals surface area contributed by atoms with Gasteiger partial charge in [-0.3, -0.25) is 10.3 Å². The summed E-state index contributed by atoms with van der Waals surface area (Å²) in [6.45, 7) is 2.07. The summed E-state index contributed by atoms with van der Waals surface area (Å²) in [7, 11) is 1.54. The molecule has 5 N–H and O–H groups in total. The quantitative estimate of drug-likeness (QED) is 0.580. The Balaban J connectivity index is 1.98. The molecule has 17 heavy (non-hydrogen) atoms. The number of rotatable bonds is 4. The van der Waals surface area contributed by atoms with Crippen LogP contribution < -0.4 is 21.8 Å². The average Bonchev–Trinajstić information content (AvgIpc) is 2.34. The van der Waals surface area contributed by atoms with Crippen molar-refractivity contribution in [2.45, 2.75) is 18.9 Å². The van der Waals surface area contributed by atoms with Gasteiger partial charge in [-0.15, -0.1) is 0 Å². The molecule has 1 aliphatic rings. The molecule has 6 heteroatoms. The minimum absolute atomic E-state index is 0.428. The van der Waals surface area contributed by atoms with Crippen LogP contribution in [0.2, 0.25) is 0 Å². The number of nitrogens with two attached hydrogens (primary N) is 1. The van der Waals surface area contributed by atoms with Crippen LogP contribution in [0.3, 0.4) is 0 Å². The van der Waals surface area contributed by atoms with Crippen LogP contribution in [0.15, 0.2) is 12.1 Å². The zero-order valence-electron chi connectivity index (χ0n) is 9.99. The van der Waals surface area contributed by atoms with Crippen molar-refractivity contribution in [3.05, 3.63) is 12.1 Å². The highest BCUT2D eigenvalue weighted by molar-refractivity contribution is 5.63. The second kappa shape index (κ2) is 5.70. The minimum atomic E-state index is 0.428. The predicted octanol–water partition coefficient (Wildman–Crippen LogP) is 0.801. The zero-order chi connectivity index (χ0) is 12.1. The molecule has 0 spiro atoms. The number of nitrogens with zero attached hydrogens (tertiary/aromatic N) is 1. The van der Waals surface area contributed by atoms with Gasteiger partial charge in [0.05, 0.1) is 7.11 Å². The molecule has 0 aliphatic carbocycles. The summed E-state index contributed by atoms with van der Waals surface area (Å²) >= 11 is 0. The molecule has 0 saturated carbocycles. The van der Waals surface area contributed by atoms with E-state index in [1.54, 1.807) is 7.11 Å². The summed E-state index contributed by atoms with van der Waals surface area (Å²) in [6, 6.07) is 4.17. The van der Waals surface area contributed by atoms with Gasteiger partial charge in [0.25, 0.3) is 0 Å². The number of pyridine rings is 1. The van der Waals surface area contributed by atoms with Gasteiger partial charge in [-0.25, -0.2) is 4.98 Å². The van der Waals surface area contributed by atoms with Crippen LogP contribution >= 0.6 is 0 Å². The maximum Gasteiger partial charge on any atom is 0.151 e. The van der Waals surface area contributed by atoms with Crippen molar-refractivity contribution in [1.29, 1.82) is 0 Å². The summed E-state index contributed by atoms with van der Waals surface area (Å²) in [6.07, 6.45) is 2.35. The van der Waals surface area contributed by atoms with E-state index >= 15 is 0 Å². The van der Waals surface area contributed by atoms with Gasteiger partial charge < -0.3 is 16.4 Å². The van der Waals surface area contributed by atoms with Gasteiger partial charge in [0.15, 0.2) is 5.82 Å². The Morgan fingerprint density at radius 3 is 3.06 bits per heavy atom. The fraction of sp³-hybridized carbons (Fsp3) is 0.545. The van der Waals surface area contributed by atoms with Crippen molar-refractivity contribution >= 4 is 17.3 Å². The van der Waals surface area contributed by atoms with Gasteiger partial charge in [-0.1, -0.05) is 0 Å². The zero-order valence-corrected chi connectivity index (χ0v) is 9.99. The van der Waals surface area contributed by atoms with Gasteiger partial charge in [0.1, 0.15) is 11.5 Å². The molecule has 0 bridgehead atoms. The Morgan fingerprint density at radius 1 is 1.53 bits per heavy atom. The van der Waals surface area contributed by atoms with Crippen LogP contribution in [0.5, 0.6) is 0 Å². The molecule has 0 radical (unpaired) electrons. The monoisotopic (exact) mass is 237 g/mol. The van der Waals surface area contributed by atoms with Crippen LogP contribution in [0.25, 0.3) is 0 Å². The fourth-order valence-electron chi connectivity index (χ4n) is 1.94. The molecule has 1 unspecified atom stereocenters. The van der Waals surface area contributed by atoms with Gasteiger partial charge in [-0.2, -0.15) is 0 Å². The number of hydrogen-bond acceptors (Lipinski definition) is 6. The molecule has 1 aromatic heterocycles. The molecule has 2 heterocycles. The Kier molecular flexibility index (Phi) is 4.00. The molecule has 1 aromatic rings. The Labute approximate surface area is 101 Å². The number of nitrogens with one attached hydrogen (secondary N) is 3. The van der Waals surface area contributed by atoms with Crippen LogP contribution in [0.1, 0.15) is 12.8 Å². The van der Waals surface area contributed by atoms with Gasteiger partial charge in [-0.05, 0) is 31.5 Å². The number of piperidine rings is 1. The van der Waals surface area contributed by atoms with Crippen LogP contribution in [0.4, 0.5) is 17.3 Å². The highest BCUT2D eigenvalue weighted by Crippen LogP contribution is 2.19. The van der Waals surface area contributed by atoms with Crippen LogP contribution in [-0.4, -0.2) is 31.2 Å².